The quantitative estimate of drug-likeness (QED) is 0.803. The molecule has 2 aromatic rings. The van der Waals surface area contributed by atoms with Gasteiger partial charge in [-0.1, -0.05) is 19.1 Å². The van der Waals surface area contributed by atoms with E-state index in [1.807, 2.05) is 30.9 Å². The van der Waals surface area contributed by atoms with E-state index in [-0.39, 0.29) is 11.9 Å². The Kier molecular flexibility index (Phi) is 6.57. The topological polar surface area (TPSA) is 77.8 Å². The molecular formula is C21H28N4O3. The molecule has 1 aromatic carbocycles. The number of hydrogen-bond acceptors (Lipinski definition) is 4. The highest BCUT2D eigenvalue weighted by molar-refractivity contribution is 5.91. The van der Waals surface area contributed by atoms with Gasteiger partial charge in [-0.3, -0.25) is 4.79 Å². The summed E-state index contributed by atoms with van der Waals surface area (Å²) < 4.78 is 5.33. The summed E-state index contributed by atoms with van der Waals surface area (Å²) in [6, 6.07) is 11.6. The smallest absolute Gasteiger partial charge is 0.317 e. The Morgan fingerprint density at radius 3 is 2.32 bits per heavy atom. The third-order valence-electron chi connectivity index (χ3n) is 4.81. The summed E-state index contributed by atoms with van der Waals surface area (Å²) >= 11 is 0. The molecule has 7 heteroatoms. The first-order valence-electron chi connectivity index (χ1n) is 9.78. The van der Waals surface area contributed by atoms with Crippen molar-refractivity contribution in [1.29, 1.82) is 0 Å². The molecular weight excluding hydrogens is 356 g/mol. The van der Waals surface area contributed by atoms with E-state index < -0.39 is 0 Å². The zero-order valence-electron chi connectivity index (χ0n) is 16.5. The third-order valence-corrected chi connectivity index (χ3v) is 4.81. The first-order valence-corrected chi connectivity index (χ1v) is 9.78. The number of nitrogens with one attached hydrogen (secondary N) is 2. The molecule has 0 unspecified atom stereocenters. The van der Waals surface area contributed by atoms with Gasteiger partial charge in [-0.25, -0.2) is 4.79 Å². The lowest BCUT2D eigenvalue weighted by Crippen LogP contribution is -2.52. The van der Waals surface area contributed by atoms with Crippen LogP contribution < -0.4 is 15.5 Å². The number of benzene rings is 1. The van der Waals surface area contributed by atoms with E-state index in [2.05, 4.69) is 27.7 Å². The van der Waals surface area contributed by atoms with E-state index in [0.29, 0.717) is 12.3 Å². The summed E-state index contributed by atoms with van der Waals surface area (Å²) in [5.41, 5.74) is 2.16. The number of carbonyl (C=O) groups excluding carboxylic acids is 2. The van der Waals surface area contributed by atoms with Crippen LogP contribution in [0.25, 0.3) is 0 Å². The Morgan fingerprint density at radius 2 is 1.71 bits per heavy atom. The molecule has 0 aliphatic carbocycles. The monoisotopic (exact) mass is 384 g/mol. The largest absolute Gasteiger partial charge is 0.456 e. The first-order chi connectivity index (χ1) is 13.6. The molecule has 0 spiro atoms. The second kappa shape index (κ2) is 9.30. The van der Waals surface area contributed by atoms with Gasteiger partial charge in [-0.15, -0.1) is 0 Å². The molecule has 2 N–H and O–H groups in total. The van der Waals surface area contributed by atoms with Crippen LogP contribution in [0, 0.1) is 6.92 Å². The van der Waals surface area contributed by atoms with Gasteiger partial charge in [0.2, 0.25) is 0 Å². The first kappa shape index (κ1) is 19.8. The van der Waals surface area contributed by atoms with Crippen molar-refractivity contribution in [2.75, 3.05) is 37.6 Å². The standard InChI is InChI=1S/C21H28N4O3/c1-3-10-22-21(27)25-13-11-24(12-14-25)18-7-5-17(6-8-18)15-23-20(26)19-9-4-16(2)28-19/h4-9H,3,10-15H2,1-2H3,(H,22,27)(H,23,26). The van der Waals surface area contributed by atoms with E-state index in [1.54, 1.807) is 12.1 Å². The van der Waals surface area contributed by atoms with Crippen molar-refractivity contribution in [2.45, 2.75) is 26.8 Å². The summed E-state index contributed by atoms with van der Waals surface area (Å²) in [6.07, 6.45) is 0.944. The van der Waals surface area contributed by atoms with Gasteiger partial charge in [0.05, 0.1) is 0 Å². The van der Waals surface area contributed by atoms with Crippen molar-refractivity contribution < 1.29 is 14.0 Å². The Morgan fingerprint density at radius 1 is 1.00 bits per heavy atom. The van der Waals surface area contributed by atoms with Crippen molar-refractivity contribution in [1.82, 2.24) is 15.5 Å². The van der Waals surface area contributed by atoms with Crippen LogP contribution in [-0.2, 0) is 6.54 Å². The van der Waals surface area contributed by atoms with Gasteiger partial charge in [-0.2, -0.15) is 0 Å². The number of carbonyl (C=O) groups is 2. The molecule has 1 aliphatic rings. The molecule has 0 saturated carbocycles. The van der Waals surface area contributed by atoms with Gasteiger partial charge in [0.25, 0.3) is 5.91 Å². The fourth-order valence-corrected chi connectivity index (χ4v) is 3.16. The van der Waals surface area contributed by atoms with Crippen LogP contribution in [0.2, 0.25) is 0 Å². The fraction of sp³-hybridized carbons (Fsp3) is 0.429. The number of urea groups is 1. The highest BCUT2D eigenvalue weighted by Gasteiger charge is 2.20. The average molecular weight is 384 g/mol. The molecule has 0 atom stereocenters. The lowest BCUT2D eigenvalue weighted by Gasteiger charge is -2.36. The lowest BCUT2D eigenvalue weighted by molar-refractivity contribution is 0.0922. The summed E-state index contributed by atoms with van der Waals surface area (Å²) in [6.45, 7) is 8.09. The van der Waals surface area contributed by atoms with Crippen molar-refractivity contribution in [3.63, 3.8) is 0 Å². The highest BCUT2D eigenvalue weighted by atomic mass is 16.3. The molecule has 7 nitrogen and oxygen atoms in total. The number of anilines is 1. The molecule has 2 heterocycles. The molecule has 1 saturated heterocycles. The van der Waals surface area contributed by atoms with Crippen LogP contribution in [0.5, 0.6) is 0 Å². The maximum Gasteiger partial charge on any atom is 0.317 e. The van der Waals surface area contributed by atoms with Crippen LogP contribution in [0.4, 0.5) is 10.5 Å². The number of furan rings is 1. The number of rotatable bonds is 6. The van der Waals surface area contributed by atoms with E-state index in [1.165, 1.54) is 0 Å². The zero-order valence-corrected chi connectivity index (χ0v) is 16.5. The van der Waals surface area contributed by atoms with Crippen LogP contribution >= 0.6 is 0 Å². The fourth-order valence-electron chi connectivity index (χ4n) is 3.16. The maximum absolute atomic E-state index is 12.0. The molecule has 3 amide bonds. The van der Waals surface area contributed by atoms with Crippen LogP contribution in [0.3, 0.4) is 0 Å². The Labute approximate surface area is 165 Å². The van der Waals surface area contributed by atoms with E-state index in [9.17, 15) is 9.59 Å². The molecule has 28 heavy (non-hydrogen) atoms. The van der Waals surface area contributed by atoms with E-state index in [0.717, 1.165) is 56.2 Å². The summed E-state index contributed by atoms with van der Waals surface area (Å²) in [7, 11) is 0. The van der Waals surface area contributed by atoms with Crippen molar-refractivity contribution >= 4 is 17.6 Å². The normalized spacial score (nSPS) is 14.1. The maximum atomic E-state index is 12.0. The molecule has 0 radical (unpaired) electrons. The number of piperazine rings is 1. The second-order valence-electron chi connectivity index (χ2n) is 6.97. The Balaban J connectivity index is 1.47. The van der Waals surface area contributed by atoms with E-state index in [4.69, 9.17) is 4.42 Å². The minimum atomic E-state index is -0.213. The minimum Gasteiger partial charge on any atom is -0.456 e. The average Bonchev–Trinajstić information content (AvgIpc) is 3.17. The summed E-state index contributed by atoms with van der Waals surface area (Å²) in [4.78, 5) is 28.2. The molecule has 1 fully saturated rings. The molecule has 1 aliphatic heterocycles. The predicted octanol–water partition coefficient (Wildman–Crippen LogP) is 2.76. The molecule has 0 bridgehead atoms. The summed E-state index contributed by atoms with van der Waals surface area (Å²) in [5, 5.41) is 5.79. The van der Waals surface area contributed by atoms with Crippen LogP contribution in [0.15, 0.2) is 40.8 Å². The Bertz CT molecular complexity index is 792. The Hall–Kier alpha value is -2.96. The van der Waals surface area contributed by atoms with Crippen molar-refractivity contribution in [3.05, 3.63) is 53.5 Å². The SMILES string of the molecule is CCCNC(=O)N1CCN(c2ccc(CNC(=O)c3ccc(C)o3)cc2)CC1. The minimum absolute atomic E-state index is 0.0272. The van der Waals surface area contributed by atoms with Crippen LogP contribution in [0.1, 0.15) is 35.2 Å². The number of amides is 3. The van der Waals surface area contributed by atoms with E-state index >= 15 is 0 Å². The van der Waals surface area contributed by atoms with Gasteiger partial charge >= 0.3 is 6.03 Å². The van der Waals surface area contributed by atoms with Gasteiger partial charge in [0.1, 0.15) is 5.76 Å². The molecule has 150 valence electrons. The molecule has 3 rings (SSSR count). The number of hydrogen-bond donors (Lipinski definition) is 2. The third kappa shape index (κ3) is 5.06. The number of aryl methyl sites for hydroxylation is 1. The van der Waals surface area contributed by atoms with Crippen molar-refractivity contribution in [3.8, 4) is 0 Å². The predicted molar refractivity (Wildman–Crippen MR) is 109 cm³/mol. The van der Waals surface area contributed by atoms with Gasteiger partial charge in [0.15, 0.2) is 5.76 Å². The van der Waals surface area contributed by atoms with Gasteiger partial charge < -0.3 is 24.9 Å². The van der Waals surface area contributed by atoms with Gasteiger partial charge in [0, 0.05) is 45.0 Å². The van der Waals surface area contributed by atoms with Crippen molar-refractivity contribution in [2.24, 2.45) is 0 Å². The second-order valence-corrected chi connectivity index (χ2v) is 6.97. The lowest BCUT2D eigenvalue weighted by atomic mass is 10.1. The van der Waals surface area contributed by atoms with Crippen LogP contribution in [-0.4, -0.2) is 49.6 Å². The van der Waals surface area contributed by atoms with Gasteiger partial charge in [-0.05, 0) is 43.2 Å². The number of nitrogens with zero attached hydrogens (tertiary/aromatic N) is 2. The molecule has 1 aromatic heterocycles. The zero-order chi connectivity index (χ0) is 19.9. The highest BCUT2D eigenvalue weighted by Crippen LogP contribution is 2.17. The summed E-state index contributed by atoms with van der Waals surface area (Å²) in [5.74, 6) is 0.835.